The van der Waals surface area contributed by atoms with E-state index in [1.807, 2.05) is 0 Å². The van der Waals surface area contributed by atoms with Crippen LogP contribution in [0.4, 0.5) is 0 Å². The first kappa shape index (κ1) is 16.0. The zero-order valence-electron chi connectivity index (χ0n) is 11.0. The fourth-order valence-electron chi connectivity index (χ4n) is 2.83. The van der Waals surface area contributed by atoms with E-state index in [4.69, 9.17) is 9.84 Å². The summed E-state index contributed by atoms with van der Waals surface area (Å²) in [5.74, 6) is 0.919. The van der Waals surface area contributed by atoms with E-state index in [9.17, 15) is 0 Å². The number of ether oxygens (including phenoxy) is 1. The van der Waals surface area contributed by atoms with E-state index in [0.29, 0.717) is 12.0 Å². The Morgan fingerprint density at radius 1 is 1.39 bits per heavy atom. The number of rotatable bonds is 2. The molecule has 2 fully saturated rings. The molecule has 0 aliphatic carbocycles. The Kier molecular flexibility index (Phi) is 6.65. The molecule has 0 aromatic carbocycles. The van der Waals surface area contributed by atoms with Crippen molar-refractivity contribution in [3.8, 4) is 0 Å². The van der Waals surface area contributed by atoms with Gasteiger partial charge in [0, 0.05) is 39.9 Å². The van der Waals surface area contributed by atoms with Gasteiger partial charge in [0.1, 0.15) is 0 Å². The minimum Gasteiger partial charge on any atom is -0.395 e. The highest BCUT2D eigenvalue weighted by Gasteiger charge is 2.40. The first-order valence-electron chi connectivity index (χ1n) is 6.44. The van der Waals surface area contributed by atoms with Gasteiger partial charge < -0.3 is 20.1 Å². The Morgan fingerprint density at radius 2 is 2.11 bits per heavy atom. The van der Waals surface area contributed by atoms with Gasteiger partial charge in [-0.25, -0.2) is 0 Å². The fraction of sp³-hybridized carbons (Fsp3) is 0.917. The average molecular weight is 369 g/mol. The third-order valence-corrected chi connectivity index (χ3v) is 3.90. The molecule has 0 amide bonds. The quantitative estimate of drug-likeness (QED) is 0.427. The molecule has 2 N–H and O–H groups in total. The molecule has 0 bridgehead atoms. The van der Waals surface area contributed by atoms with Crippen molar-refractivity contribution in [3.63, 3.8) is 0 Å². The van der Waals surface area contributed by atoms with Crippen LogP contribution < -0.4 is 5.32 Å². The number of aliphatic hydroxyl groups is 1. The lowest BCUT2D eigenvalue weighted by atomic mass is 9.80. The molecule has 0 atom stereocenters. The van der Waals surface area contributed by atoms with Gasteiger partial charge in [-0.2, -0.15) is 0 Å². The van der Waals surface area contributed by atoms with Gasteiger partial charge in [-0.3, -0.25) is 4.99 Å². The topological polar surface area (TPSA) is 57.1 Å². The minimum atomic E-state index is 0. The third-order valence-electron chi connectivity index (χ3n) is 3.90. The summed E-state index contributed by atoms with van der Waals surface area (Å²) in [7, 11) is 1.80. The van der Waals surface area contributed by atoms with Gasteiger partial charge in [0.25, 0.3) is 0 Å². The summed E-state index contributed by atoms with van der Waals surface area (Å²) >= 11 is 0. The van der Waals surface area contributed by atoms with Crippen LogP contribution in [0, 0.1) is 5.41 Å². The summed E-state index contributed by atoms with van der Waals surface area (Å²) in [5.41, 5.74) is 0.440. The van der Waals surface area contributed by atoms with E-state index >= 15 is 0 Å². The van der Waals surface area contributed by atoms with Crippen LogP contribution in [0.5, 0.6) is 0 Å². The molecule has 18 heavy (non-hydrogen) atoms. The molecule has 5 nitrogen and oxygen atoms in total. The van der Waals surface area contributed by atoms with Crippen LogP contribution in [0.25, 0.3) is 0 Å². The molecule has 2 rings (SSSR count). The zero-order chi connectivity index (χ0) is 12.1. The number of nitrogens with one attached hydrogen (secondary N) is 1. The van der Waals surface area contributed by atoms with Crippen LogP contribution in [-0.2, 0) is 4.74 Å². The summed E-state index contributed by atoms with van der Waals surface area (Å²) in [4.78, 5) is 6.58. The van der Waals surface area contributed by atoms with E-state index < -0.39 is 0 Å². The van der Waals surface area contributed by atoms with E-state index in [0.717, 1.165) is 32.3 Å². The molecule has 106 valence electrons. The third kappa shape index (κ3) is 3.71. The molecule has 2 heterocycles. The van der Waals surface area contributed by atoms with Crippen LogP contribution in [0.15, 0.2) is 4.99 Å². The second-order valence-corrected chi connectivity index (χ2v) is 4.98. The van der Waals surface area contributed by atoms with Crippen molar-refractivity contribution < 1.29 is 9.84 Å². The normalized spacial score (nSPS) is 23.0. The predicted octanol–water partition coefficient (Wildman–Crippen LogP) is 0.675. The molecule has 2 aliphatic rings. The van der Waals surface area contributed by atoms with Crippen LogP contribution in [-0.4, -0.2) is 62.5 Å². The first-order valence-corrected chi connectivity index (χ1v) is 6.44. The van der Waals surface area contributed by atoms with Crippen LogP contribution in [0.1, 0.15) is 19.3 Å². The van der Waals surface area contributed by atoms with Gasteiger partial charge in [-0.05, 0) is 24.7 Å². The number of hydrogen-bond acceptors (Lipinski definition) is 3. The van der Waals surface area contributed by atoms with Crippen molar-refractivity contribution in [1.82, 2.24) is 10.2 Å². The number of halogens is 1. The monoisotopic (exact) mass is 369 g/mol. The highest BCUT2D eigenvalue weighted by Crippen LogP contribution is 2.39. The van der Waals surface area contributed by atoms with Crippen molar-refractivity contribution in [1.29, 1.82) is 0 Å². The van der Waals surface area contributed by atoms with Crippen LogP contribution in [0.3, 0.4) is 0 Å². The van der Waals surface area contributed by atoms with Crippen LogP contribution in [0.2, 0.25) is 0 Å². The fourth-order valence-corrected chi connectivity index (χ4v) is 2.83. The summed E-state index contributed by atoms with van der Waals surface area (Å²) in [6.45, 7) is 4.64. The maximum absolute atomic E-state index is 8.84. The smallest absolute Gasteiger partial charge is 0.193 e. The molecule has 0 unspecified atom stereocenters. The molecular weight excluding hydrogens is 345 g/mol. The van der Waals surface area contributed by atoms with Gasteiger partial charge in [0.05, 0.1) is 6.61 Å². The van der Waals surface area contributed by atoms with E-state index in [-0.39, 0.29) is 30.6 Å². The van der Waals surface area contributed by atoms with Crippen molar-refractivity contribution in [2.24, 2.45) is 10.4 Å². The summed E-state index contributed by atoms with van der Waals surface area (Å²) in [6, 6.07) is 0. The van der Waals surface area contributed by atoms with Crippen molar-refractivity contribution >= 4 is 29.9 Å². The standard InChI is InChI=1S/C12H23N3O2.HI/c1-13-11(14-5-7-16)15-6-2-12(10-15)3-8-17-9-4-12;/h16H,2-10H2,1H3,(H,13,14);1H. The lowest BCUT2D eigenvalue weighted by Gasteiger charge is -2.33. The summed E-state index contributed by atoms with van der Waals surface area (Å²) < 4.78 is 5.45. The van der Waals surface area contributed by atoms with Gasteiger partial charge in [0.2, 0.25) is 0 Å². The van der Waals surface area contributed by atoms with E-state index in [1.54, 1.807) is 7.05 Å². The van der Waals surface area contributed by atoms with Gasteiger partial charge >= 0.3 is 0 Å². The van der Waals surface area contributed by atoms with Gasteiger partial charge in [-0.1, -0.05) is 0 Å². The predicted molar refractivity (Wildman–Crippen MR) is 82.5 cm³/mol. The maximum Gasteiger partial charge on any atom is 0.193 e. The Labute approximate surface area is 126 Å². The van der Waals surface area contributed by atoms with E-state index in [2.05, 4.69) is 15.2 Å². The molecule has 0 radical (unpaired) electrons. The molecule has 0 aromatic rings. The van der Waals surface area contributed by atoms with E-state index in [1.165, 1.54) is 19.3 Å². The highest BCUT2D eigenvalue weighted by molar-refractivity contribution is 14.0. The second kappa shape index (κ2) is 7.49. The Balaban J connectivity index is 0.00000162. The summed E-state index contributed by atoms with van der Waals surface area (Å²) in [6.07, 6.45) is 3.57. The number of aliphatic imine (C=N–C) groups is 1. The molecular formula is C12H24IN3O2. The Morgan fingerprint density at radius 3 is 2.72 bits per heavy atom. The lowest BCUT2D eigenvalue weighted by molar-refractivity contribution is 0.0217. The summed E-state index contributed by atoms with van der Waals surface area (Å²) in [5, 5.41) is 12.0. The number of nitrogens with zero attached hydrogens (tertiary/aromatic N) is 2. The zero-order valence-corrected chi connectivity index (χ0v) is 13.4. The molecule has 6 heteroatoms. The number of hydrogen-bond donors (Lipinski definition) is 2. The highest BCUT2D eigenvalue weighted by atomic mass is 127. The molecule has 0 aromatic heterocycles. The Bertz CT molecular complexity index is 280. The molecule has 0 saturated carbocycles. The van der Waals surface area contributed by atoms with Gasteiger partial charge in [-0.15, -0.1) is 24.0 Å². The van der Waals surface area contributed by atoms with Crippen molar-refractivity contribution in [2.45, 2.75) is 19.3 Å². The Hall–Kier alpha value is -0.0800. The first-order chi connectivity index (χ1) is 8.29. The number of aliphatic hydroxyl groups excluding tert-OH is 1. The molecule has 2 saturated heterocycles. The maximum atomic E-state index is 8.84. The van der Waals surface area contributed by atoms with Gasteiger partial charge in [0.15, 0.2) is 5.96 Å². The minimum absolute atomic E-state index is 0. The van der Waals surface area contributed by atoms with Crippen molar-refractivity contribution in [2.75, 3.05) is 46.5 Å². The van der Waals surface area contributed by atoms with Crippen LogP contribution >= 0.6 is 24.0 Å². The number of guanidine groups is 1. The lowest BCUT2D eigenvalue weighted by Crippen LogP contribution is -2.43. The largest absolute Gasteiger partial charge is 0.395 e. The molecule has 1 spiro atoms. The average Bonchev–Trinajstić information content (AvgIpc) is 2.75. The van der Waals surface area contributed by atoms with Crippen molar-refractivity contribution in [3.05, 3.63) is 0 Å². The molecule has 2 aliphatic heterocycles. The number of likely N-dealkylation sites (tertiary alicyclic amines) is 1. The second-order valence-electron chi connectivity index (χ2n) is 4.98. The SMILES string of the molecule is CN=C(NCCO)N1CCC2(CCOCC2)C1.I.